The summed E-state index contributed by atoms with van der Waals surface area (Å²) in [5.41, 5.74) is 4.89. The topological polar surface area (TPSA) is 70.3 Å². The van der Waals surface area contributed by atoms with Crippen molar-refractivity contribution in [3.63, 3.8) is 0 Å². The number of aromatic nitrogens is 1. The fraction of sp³-hybridized carbons (Fsp3) is 0.360. The van der Waals surface area contributed by atoms with E-state index in [1.807, 2.05) is 17.0 Å². The first-order valence-electron chi connectivity index (χ1n) is 10.8. The number of nitrogens with zero attached hydrogens (tertiary/aromatic N) is 3. The first-order chi connectivity index (χ1) is 15.0. The predicted molar refractivity (Wildman–Crippen MR) is 121 cm³/mol. The molecular formula is C25H28N4O2. The zero-order chi connectivity index (χ0) is 21.8. The van der Waals surface area contributed by atoms with Gasteiger partial charge in [-0.15, -0.1) is 0 Å². The quantitative estimate of drug-likeness (QED) is 0.763. The van der Waals surface area contributed by atoms with Crippen molar-refractivity contribution >= 4 is 17.8 Å². The van der Waals surface area contributed by atoms with Gasteiger partial charge in [-0.25, -0.2) is 0 Å². The number of rotatable bonds is 6. The molecule has 0 radical (unpaired) electrons. The molecule has 2 aromatic rings. The first kappa shape index (κ1) is 20.8. The summed E-state index contributed by atoms with van der Waals surface area (Å²) in [6, 6.07) is 13.4. The second kappa shape index (κ2) is 9.13. The van der Waals surface area contributed by atoms with Crippen molar-refractivity contribution < 1.29 is 9.53 Å². The standard InChI is InChI=1S/C25H28N4O2/c1-18-6-11-24-19(2)27-21(17-29(18)24)4-3-5-25(30)28-14-12-23(13-15-28)31-22-9-7-20(16-26)8-10-22/h6-11,17,23,27H,2-5,12-15H2,1H3. The van der Waals surface area contributed by atoms with E-state index in [2.05, 4.69) is 47.8 Å². The van der Waals surface area contributed by atoms with Crippen LogP contribution in [0, 0.1) is 18.3 Å². The lowest BCUT2D eigenvalue weighted by Gasteiger charge is -2.32. The third-order valence-electron chi connectivity index (χ3n) is 5.95. The van der Waals surface area contributed by atoms with E-state index in [0.717, 1.165) is 61.6 Å². The number of hydrogen-bond donors (Lipinski definition) is 1. The van der Waals surface area contributed by atoms with Crippen molar-refractivity contribution in [2.24, 2.45) is 0 Å². The third kappa shape index (κ3) is 4.83. The van der Waals surface area contributed by atoms with Crippen LogP contribution in [0.25, 0.3) is 11.9 Å². The highest BCUT2D eigenvalue weighted by Gasteiger charge is 2.24. The maximum atomic E-state index is 12.6. The average molecular weight is 417 g/mol. The molecule has 0 atom stereocenters. The van der Waals surface area contributed by atoms with Gasteiger partial charge >= 0.3 is 0 Å². The Balaban J connectivity index is 1.21. The Labute approximate surface area is 183 Å². The lowest BCUT2D eigenvalue weighted by Crippen LogP contribution is -2.41. The first-order valence-corrected chi connectivity index (χ1v) is 10.8. The molecule has 160 valence electrons. The minimum absolute atomic E-state index is 0.110. The second-order valence-corrected chi connectivity index (χ2v) is 8.18. The summed E-state index contributed by atoms with van der Waals surface area (Å²) in [5, 5.41) is 12.2. The van der Waals surface area contributed by atoms with Gasteiger partial charge in [0.05, 0.1) is 23.0 Å². The number of nitrogens with one attached hydrogen (secondary N) is 1. The Morgan fingerprint density at radius 2 is 1.97 bits per heavy atom. The van der Waals surface area contributed by atoms with Crippen LogP contribution >= 0.6 is 0 Å². The Hall–Kier alpha value is -3.46. The molecule has 1 N–H and O–H groups in total. The molecule has 2 aliphatic heterocycles. The van der Waals surface area contributed by atoms with Gasteiger partial charge in [0.15, 0.2) is 0 Å². The van der Waals surface area contributed by atoms with Crippen molar-refractivity contribution in [3.8, 4) is 11.8 Å². The summed E-state index contributed by atoms with van der Waals surface area (Å²) >= 11 is 0. The maximum absolute atomic E-state index is 12.6. The molecule has 1 aromatic carbocycles. The number of amides is 1. The number of ether oxygens (including phenoxy) is 1. The summed E-state index contributed by atoms with van der Waals surface area (Å²) in [6.45, 7) is 7.64. The van der Waals surface area contributed by atoms with Crippen LogP contribution in [0.3, 0.4) is 0 Å². The maximum Gasteiger partial charge on any atom is 0.222 e. The van der Waals surface area contributed by atoms with Crippen LogP contribution < -0.4 is 10.1 Å². The molecule has 0 spiro atoms. The molecule has 4 rings (SSSR count). The predicted octanol–water partition coefficient (Wildman–Crippen LogP) is 4.28. The molecule has 31 heavy (non-hydrogen) atoms. The normalized spacial score (nSPS) is 16.2. The van der Waals surface area contributed by atoms with Crippen LogP contribution in [0.15, 0.2) is 48.7 Å². The van der Waals surface area contributed by atoms with Gasteiger partial charge in [0.1, 0.15) is 11.9 Å². The van der Waals surface area contributed by atoms with Crippen LogP contribution in [0.4, 0.5) is 0 Å². The van der Waals surface area contributed by atoms with Crippen molar-refractivity contribution in [1.29, 1.82) is 5.26 Å². The molecule has 0 aliphatic carbocycles. The summed E-state index contributed by atoms with van der Waals surface area (Å²) in [5.74, 6) is 0.990. The number of likely N-dealkylation sites (tertiary alicyclic amines) is 1. The number of carbonyl (C=O) groups excluding carboxylic acids is 1. The van der Waals surface area contributed by atoms with Crippen molar-refractivity contribution in [1.82, 2.24) is 14.8 Å². The molecule has 1 fully saturated rings. The van der Waals surface area contributed by atoms with Crippen LogP contribution in [0.2, 0.25) is 0 Å². The van der Waals surface area contributed by atoms with E-state index >= 15 is 0 Å². The average Bonchev–Trinajstić information content (AvgIpc) is 3.16. The minimum Gasteiger partial charge on any atom is -0.490 e. The van der Waals surface area contributed by atoms with E-state index in [9.17, 15) is 4.79 Å². The molecule has 6 heteroatoms. The van der Waals surface area contributed by atoms with Crippen LogP contribution in [-0.2, 0) is 4.79 Å². The van der Waals surface area contributed by atoms with E-state index in [1.54, 1.807) is 12.1 Å². The van der Waals surface area contributed by atoms with E-state index in [1.165, 1.54) is 5.69 Å². The second-order valence-electron chi connectivity index (χ2n) is 8.18. The highest BCUT2D eigenvalue weighted by molar-refractivity contribution is 5.76. The smallest absolute Gasteiger partial charge is 0.222 e. The number of hydrogen-bond acceptors (Lipinski definition) is 4. The van der Waals surface area contributed by atoms with Crippen molar-refractivity contribution in [3.05, 3.63) is 65.6 Å². The Morgan fingerprint density at radius 1 is 1.23 bits per heavy atom. The largest absolute Gasteiger partial charge is 0.490 e. The number of nitriles is 1. The van der Waals surface area contributed by atoms with Crippen molar-refractivity contribution in [2.75, 3.05) is 13.1 Å². The molecule has 1 saturated heterocycles. The number of carbonyl (C=O) groups is 1. The van der Waals surface area contributed by atoms with Gasteiger partial charge in [0.2, 0.25) is 5.91 Å². The van der Waals surface area contributed by atoms with Gasteiger partial charge in [0.25, 0.3) is 0 Å². The highest BCUT2D eigenvalue weighted by Crippen LogP contribution is 2.24. The van der Waals surface area contributed by atoms with Crippen molar-refractivity contribution in [2.45, 2.75) is 45.1 Å². The lowest BCUT2D eigenvalue weighted by molar-refractivity contribution is -0.133. The van der Waals surface area contributed by atoms with E-state index in [4.69, 9.17) is 10.00 Å². The molecule has 6 nitrogen and oxygen atoms in total. The Kier molecular flexibility index (Phi) is 6.13. The summed E-state index contributed by atoms with van der Waals surface area (Å²) in [7, 11) is 0. The van der Waals surface area contributed by atoms with Gasteiger partial charge < -0.3 is 19.5 Å². The lowest BCUT2D eigenvalue weighted by atomic mass is 10.1. The SMILES string of the molecule is C=C1NC(CCCC(=O)N2CCC(Oc3ccc(C#N)cc3)CC2)=Cn2c(C)ccc21. The monoisotopic (exact) mass is 416 g/mol. The zero-order valence-electron chi connectivity index (χ0n) is 17.9. The van der Waals surface area contributed by atoms with Gasteiger partial charge in [-0.3, -0.25) is 4.79 Å². The van der Waals surface area contributed by atoms with Gasteiger partial charge in [-0.1, -0.05) is 6.58 Å². The third-order valence-corrected chi connectivity index (χ3v) is 5.95. The fourth-order valence-electron chi connectivity index (χ4n) is 4.15. The zero-order valence-corrected chi connectivity index (χ0v) is 17.9. The van der Waals surface area contributed by atoms with Crippen LogP contribution in [0.5, 0.6) is 5.75 Å². The molecule has 0 saturated carbocycles. The van der Waals surface area contributed by atoms with Crippen LogP contribution in [0.1, 0.15) is 49.1 Å². The molecule has 0 bridgehead atoms. The molecule has 1 amide bonds. The molecule has 2 aliphatic rings. The van der Waals surface area contributed by atoms with E-state index < -0.39 is 0 Å². The van der Waals surface area contributed by atoms with E-state index in [0.29, 0.717) is 12.0 Å². The summed E-state index contributed by atoms with van der Waals surface area (Å²) in [6.07, 6.45) is 6.04. The number of piperidine rings is 1. The molecular weight excluding hydrogens is 388 g/mol. The fourth-order valence-corrected chi connectivity index (χ4v) is 4.15. The summed E-state index contributed by atoms with van der Waals surface area (Å²) < 4.78 is 8.16. The van der Waals surface area contributed by atoms with Gasteiger partial charge in [-0.05, 0) is 56.2 Å². The number of aryl methyl sites for hydroxylation is 1. The molecule has 1 aromatic heterocycles. The Bertz CT molecular complexity index is 1030. The molecule has 3 heterocycles. The van der Waals surface area contributed by atoms with Gasteiger partial charge in [-0.2, -0.15) is 5.26 Å². The molecule has 0 unspecified atom stereocenters. The summed E-state index contributed by atoms with van der Waals surface area (Å²) in [4.78, 5) is 14.6. The number of allylic oxidation sites excluding steroid dienone is 1. The van der Waals surface area contributed by atoms with Crippen LogP contribution in [-0.4, -0.2) is 34.6 Å². The van der Waals surface area contributed by atoms with E-state index in [-0.39, 0.29) is 12.0 Å². The van der Waals surface area contributed by atoms with Gasteiger partial charge in [0, 0.05) is 49.9 Å². The minimum atomic E-state index is 0.110. The number of fused-ring (bicyclic) bond motifs is 1. The highest BCUT2D eigenvalue weighted by atomic mass is 16.5. The Morgan fingerprint density at radius 3 is 2.68 bits per heavy atom. The number of benzene rings is 1.